The fourth-order valence-electron chi connectivity index (χ4n) is 2.95. The van der Waals surface area contributed by atoms with Gasteiger partial charge in [-0.15, -0.1) is 10.2 Å². The SMILES string of the molecule is C=C1c2ccccc2C(=O)N1CC(=O)Nc1nnc(SCc2ccc(C)cc2)s1. The number of aryl methyl sites for hydroxylation is 1. The van der Waals surface area contributed by atoms with E-state index in [9.17, 15) is 9.59 Å². The second-order valence-electron chi connectivity index (χ2n) is 6.58. The highest BCUT2D eigenvalue weighted by atomic mass is 32.2. The van der Waals surface area contributed by atoms with Crippen LogP contribution in [0.2, 0.25) is 0 Å². The van der Waals surface area contributed by atoms with E-state index < -0.39 is 0 Å². The number of amides is 2. The summed E-state index contributed by atoms with van der Waals surface area (Å²) in [5.41, 5.74) is 4.29. The molecule has 3 aromatic rings. The van der Waals surface area contributed by atoms with Crippen molar-refractivity contribution in [3.05, 3.63) is 77.4 Å². The molecule has 0 aliphatic carbocycles. The average Bonchev–Trinajstić information content (AvgIpc) is 3.26. The van der Waals surface area contributed by atoms with Gasteiger partial charge in [0.15, 0.2) is 4.34 Å². The van der Waals surface area contributed by atoms with Gasteiger partial charge in [-0.05, 0) is 18.6 Å². The molecule has 0 saturated heterocycles. The van der Waals surface area contributed by atoms with Crippen molar-refractivity contribution in [1.82, 2.24) is 15.1 Å². The molecule has 6 nitrogen and oxygen atoms in total. The number of benzene rings is 2. The Kier molecular flexibility index (Phi) is 5.46. The molecule has 1 aliphatic heterocycles. The number of nitrogens with one attached hydrogen (secondary N) is 1. The first-order chi connectivity index (χ1) is 14.0. The lowest BCUT2D eigenvalue weighted by atomic mass is 10.1. The predicted octanol–water partition coefficient (Wildman–Crippen LogP) is 4.20. The van der Waals surface area contributed by atoms with Gasteiger partial charge in [0.25, 0.3) is 5.91 Å². The number of carbonyl (C=O) groups is 2. The van der Waals surface area contributed by atoms with Crippen LogP contribution in [-0.4, -0.2) is 33.5 Å². The minimum Gasteiger partial charge on any atom is -0.299 e. The molecule has 2 heterocycles. The van der Waals surface area contributed by atoms with Crippen molar-refractivity contribution in [3.63, 3.8) is 0 Å². The molecule has 146 valence electrons. The van der Waals surface area contributed by atoms with Crippen molar-refractivity contribution in [2.75, 3.05) is 11.9 Å². The van der Waals surface area contributed by atoms with Crippen LogP contribution in [0, 0.1) is 6.92 Å². The molecule has 0 fully saturated rings. The third-order valence-electron chi connectivity index (χ3n) is 4.48. The van der Waals surface area contributed by atoms with Gasteiger partial charge in [0, 0.05) is 22.6 Å². The van der Waals surface area contributed by atoms with E-state index in [1.807, 2.05) is 12.1 Å². The minimum absolute atomic E-state index is 0.113. The smallest absolute Gasteiger partial charge is 0.259 e. The summed E-state index contributed by atoms with van der Waals surface area (Å²) in [5.74, 6) is 0.231. The standard InChI is InChI=1S/C21H18N4O2S2/c1-13-7-9-15(10-8-13)12-28-21-24-23-20(29-21)22-18(26)11-25-14(2)16-5-3-4-6-17(16)19(25)27/h3-10H,2,11-12H2,1H3,(H,22,23,26). The lowest BCUT2D eigenvalue weighted by molar-refractivity contribution is -0.116. The molecule has 29 heavy (non-hydrogen) atoms. The number of rotatable bonds is 6. The Morgan fingerprint density at radius 2 is 1.86 bits per heavy atom. The summed E-state index contributed by atoms with van der Waals surface area (Å²) in [4.78, 5) is 26.3. The molecule has 0 bridgehead atoms. The topological polar surface area (TPSA) is 75.2 Å². The lowest BCUT2D eigenvalue weighted by Crippen LogP contribution is -2.32. The summed E-state index contributed by atoms with van der Waals surface area (Å²) in [6, 6.07) is 15.5. The molecule has 0 saturated carbocycles. The predicted molar refractivity (Wildman–Crippen MR) is 116 cm³/mol. The van der Waals surface area contributed by atoms with Crippen molar-refractivity contribution in [2.45, 2.75) is 17.0 Å². The number of thioether (sulfide) groups is 1. The minimum atomic E-state index is -0.335. The summed E-state index contributed by atoms with van der Waals surface area (Å²) in [6.07, 6.45) is 0. The first kappa shape index (κ1) is 19.4. The van der Waals surface area contributed by atoms with Crippen LogP contribution in [0.3, 0.4) is 0 Å². The molecule has 0 radical (unpaired) electrons. The summed E-state index contributed by atoms with van der Waals surface area (Å²) in [5, 5.41) is 11.3. The van der Waals surface area contributed by atoms with Crippen LogP contribution in [0.15, 0.2) is 59.4 Å². The first-order valence-corrected chi connectivity index (χ1v) is 10.7. The molecule has 1 N–H and O–H groups in total. The van der Waals surface area contributed by atoms with E-state index in [1.54, 1.807) is 23.9 Å². The summed E-state index contributed by atoms with van der Waals surface area (Å²) in [7, 11) is 0. The molecule has 0 unspecified atom stereocenters. The maximum absolute atomic E-state index is 12.5. The van der Waals surface area contributed by atoms with Crippen molar-refractivity contribution in [1.29, 1.82) is 0 Å². The highest BCUT2D eigenvalue weighted by molar-refractivity contribution is 8.00. The second kappa shape index (κ2) is 8.18. The molecule has 1 aliphatic rings. The monoisotopic (exact) mass is 422 g/mol. The number of anilines is 1. The van der Waals surface area contributed by atoms with Crippen LogP contribution in [0.1, 0.15) is 27.0 Å². The van der Waals surface area contributed by atoms with Gasteiger partial charge < -0.3 is 0 Å². The van der Waals surface area contributed by atoms with Crippen LogP contribution in [0.4, 0.5) is 5.13 Å². The van der Waals surface area contributed by atoms with E-state index in [-0.39, 0.29) is 18.4 Å². The largest absolute Gasteiger partial charge is 0.299 e. The van der Waals surface area contributed by atoms with Gasteiger partial charge >= 0.3 is 0 Å². The Morgan fingerprint density at radius 1 is 1.14 bits per heavy atom. The van der Waals surface area contributed by atoms with Crippen LogP contribution >= 0.6 is 23.1 Å². The average molecular weight is 423 g/mol. The van der Waals surface area contributed by atoms with Gasteiger partial charge in [0.1, 0.15) is 6.54 Å². The lowest BCUT2D eigenvalue weighted by Gasteiger charge is -2.16. The number of hydrogen-bond donors (Lipinski definition) is 1. The van der Waals surface area contributed by atoms with Gasteiger partial charge in [-0.25, -0.2) is 0 Å². The van der Waals surface area contributed by atoms with E-state index in [1.165, 1.54) is 27.4 Å². The zero-order valence-electron chi connectivity index (χ0n) is 15.7. The van der Waals surface area contributed by atoms with Gasteiger partial charge in [-0.1, -0.05) is 77.7 Å². The molecule has 2 amide bonds. The van der Waals surface area contributed by atoms with Crippen molar-refractivity contribution in [2.24, 2.45) is 0 Å². The van der Waals surface area contributed by atoms with Crippen molar-refractivity contribution >= 4 is 45.7 Å². The summed E-state index contributed by atoms with van der Waals surface area (Å²) >= 11 is 2.88. The number of nitrogens with zero attached hydrogens (tertiary/aromatic N) is 3. The molecule has 8 heteroatoms. The Labute approximate surface area is 176 Å². The summed E-state index contributed by atoms with van der Waals surface area (Å²) < 4.78 is 0.773. The Hall–Kier alpha value is -2.97. The van der Waals surface area contributed by atoms with Gasteiger partial charge in [0.05, 0.1) is 0 Å². The zero-order chi connectivity index (χ0) is 20.4. The third-order valence-corrected chi connectivity index (χ3v) is 6.52. The fraction of sp³-hybridized carbons (Fsp3) is 0.143. The molecule has 1 aromatic heterocycles. The quantitative estimate of drug-likeness (QED) is 0.476. The molecular weight excluding hydrogens is 404 g/mol. The van der Waals surface area contributed by atoms with E-state index >= 15 is 0 Å². The maximum atomic E-state index is 12.5. The van der Waals surface area contributed by atoms with E-state index in [0.717, 1.165) is 15.7 Å². The van der Waals surface area contributed by atoms with Crippen molar-refractivity contribution in [3.8, 4) is 0 Å². The van der Waals surface area contributed by atoms with Gasteiger partial charge in [-0.3, -0.25) is 19.8 Å². The second-order valence-corrected chi connectivity index (χ2v) is 8.78. The van der Waals surface area contributed by atoms with E-state index in [2.05, 4.69) is 53.3 Å². The van der Waals surface area contributed by atoms with Crippen LogP contribution in [0.5, 0.6) is 0 Å². The molecule has 0 atom stereocenters. The first-order valence-electron chi connectivity index (χ1n) is 8.93. The number of hydrogen-bond acceptors (Lipinski definition) is 6. The normalized spacial score (nSPS) is 12.9. The third kappa shape index (κ3) is 4.23. The Balaban J connectivity index is 1.33. The number of carbonyl (C=O) groups excluding carboxylic acids is 2. The number of aromatic nitrogens is 2. The van der Waals surface area contributed by atoms with E-state index in [0.29, 0.717) is 16.4 Å². The Morgan fingerprint density at radius 3 is 2.59 bits per heavy atom. The number of fused-ring (bicyclic) bond motifs is 1. The fourth-order valence-corrected chi connectivity index (χ4v) is 4.68. The van der Waals surface area contributed by atoms with Crippen molar-refractivity contribution < 1.29 is 9.59 Å². The molecule has 4 rings (SSSR count). The highest BCUT2D eigenvalue weighted by Gasteiger charge is 2.32. The highest BCUT2D eigenvalue weighted by Crippen LogP contribution is 2.31. The molecule has 0 spiro atoms. The Bertz CT molecular complexity index is 1060. The molecule has 2 aromatic carbocycles. The maximum Gasteiger partial charge on any atom is 0.259 e. The van der Waals surface area contributed by atoms with E-state index in [4.69, 9.17) is 0 Å². The zero-order valence-corrected chi connectivity index (χ0v) is 17.3. The summed E-state index contributed by atoms with van der Waals surface area (Å²) in [6.45, 7) is 5.89. The van der Waals surface area contributed by atoms with Crippen LogP contribution in [-0.2, 0) is 10.5 Å². The molecular formula is C21H18N4O2S2. The van der Waals surface area contributed by atoms with Crippen LogP contribution in [0.25, 0.3) is 5.70 Å². The van der Waals surface area contributed by atoms with Gasteiger partial charge in [-0.2, -0.15) is 0 Å². The van der Waals surface area contributed by atoms with Crippen LogP contribution < -0.4 is 5.32 Å². The van der Waals surface area contributed by atoms with Gasteiger partial charge in [0.2, 0.25) is 11.0 Å².